The van der Waals surface area contributed by atoms with Gasteiger partial charge in [-0.3, -0.25) is 9.59 Å². The second-order valence-corrected chi connectivity index (χ2v) is 11.8. The maximum absolute atomic E-state index is 12.9. The SMILES string of the molecule is COC(=O)[C@H](Cc1ccc(OCc2ccccc2)cc1)NC(=O)CC1CCC(NC(=O)CCc2ccc(Cl)c(Cl)c2)CC1. The lowest BCUT2D eigenvalue weighted by Gasteiger charge is -2.29. The minimum atomic E-state index is -0.778. The number of methoxy groups -OCH3 is 1. The molecule has 0 spiro atoms. The Balaban J connectivity index is 1.18. The molecule has 0 radical (unpaired) electrons. The summed E-state index contributed by atoms with van der Waals surface area (Å²) in [7, 11) is 1.32. The number of carbonyl (C=O) groups is 3. The van der Waals surface area contributed by atoms with Crippen molar-refractivity contribution in [2.24, 2.45) is 5.92 Å². The highest BCUT2D eigenvalue weighted by Gasteiger charge is 2.27. The lowest BCUT2D eigenvalue weighted by Crippen LogP contribution is -2.44. The molecular weight excluding hydrogens is 587 g/mol. The van der Waals surface area contributed by atoms with Crippen LogP contribution < -0.4 is 15.4 Å². The first kappa shape index (κ1) is 32.4. The summed E-state index contributed by atoms with van der Waals surface area (Å²) in [4.78, 5) is 37.9. The molecule has 0 aromatic heterocycles. The van der Waals surface area contributed by atoms with E-state index in [9.17, 15) is 14.4 Å². The van der Waals surface area contributed by atoms with Crippen molar-refractivity contribution in [3.05, 3.63) is 99.5 Å². The normalized spacial score (nSPS) is 17.0. The summed E-state index contributed by atoms with van der Waals surface area (Å²) in [6, 6.07) is 22.1. The van der Waals surface area contributed by atoms with E-state index in [2.05, 4.69) is 10.6 Å². The lowest BCUT2D eigenvalue weighted by molar-refractivity contribution is -0.145. The van der Waals surface area contributed by atoms with Crippen LogP contribution in [0.15, 0.2) is 72.8 Å². The molecule has 2 N–H and O–H groups in total. The third kappa shape index (κ3) is 10.6. The first-order valence-corrected chi connectivity index (χ1v) is 15.4. The molecule has 0 unspecified atom stereocenters. The molecule has 1 aliphatic rings. The zero-order valence-corrected chi connectivity index (χ0v) is 25.8. The van der Waals surface area contributed by atoms with Gasteiger partial charge in [0.15, 0.2) is 0 Å². The fourth-order valence-electron chi connectivity index (χ4n) is 5.31. The number of hydrogen-bond acceptors (Lipinski definition) is 5. The largest absolute Gasteiger partial charge is 0.489 e. The van der Waals surface area contributed by atoms with Gasteiger partial charge in [0, 0.05) is 25.3 Å². The minimum Gasteiger partial charge on any atom is -0.489 e. The number of benzene rings is 3. The molecule has 43 heavy (non-hydrogen) atoms. The predicted octanol–water partition coefficient (Wildman–Crippen LogP) is 6.47. The third-order valence-corrected chi connectivity index (χ3v) is 8.48. The topological polar surface area (TPSA) is 93.7 Å². The van der Waals surface area contributed by atoms with E-state index in [0.29, 0.717) is 42.3 Å². The molecule has 0 saturated heterocycles. The van der Waals surface area contributed by atoms with Crippen molar-refractivity contribution in [3.63, 3.8) is 0 Å². The Morgan fingerprint density at radius 1 is 0.837 bits per heavy atom. The van der Waals surface area contributed by atoms with E-state index in [-0.39, 0.29) is 23.8 Å². The van der Waals surface area contributed by atoms with Gasteiger partial charge in [-0.15, -0.1) is 0 Å². The molecule has 1 fully saturated rings. The molecule has 3 aromatic rings. The fraction of sp³-hybridized carbons (Fsp3) is 0.382. The smallest absolute Gasteiger partial charge is 0.328 e. The Morgan fingerprint density at radius 3 is 2.21 bits per heavy atom. The summed E-state index contributed by atoms with van der Waals surface area (Å²) in [6.07, 6.45) is 4.91. The van der Waals surface area contributed by atoms with Gasteiger partial charge in [-0.25, -0.2) is 4.79 Å². The Kier molecular flexibility index (Phi) is 12.3. The van der Waals surface area contributed by atoms with E-state index < -0.39 is 12.0 Å². The van der Waals surface area contributed by atoms with E-state index in [0.717, 1.165) is 48.1 Å². The van der Waals surface area contributed by atoms with E-state index in [1.54, 1.807) is 12.1 Å². The zero-order valence-electron chi connectivity index (χ0n) is 24.3. The van der Waals surface area contributed by atoms with Crippen LogP contribution in [-0.2, 0) is 38.6 Å². The van der Waals surface area contributed by atoms with Crippen molar-refractivity contribution in [2.75, 3.05) is 7.11 Å². The van der Waals surface area contributed by atoms with E-state index in [4.69, 9.17) is 32.7 Å². The summed E-state index contributed by atoms with van der Waals surface area (Å²) in [5, 5.41) is 6.98. The molecule has 0 aliphatic heterocycles. The first-order valence-electron chi connectivity index (χ1n) is 14.6. The lowest BCUT2D eigenvalue weighted by atomic mass is 9.83. The van der Waals surface area contributed by atoms with Crippen LogP contribution in [0.2, 0.25) is 10.0 Å². The van der Waals surface area contributed by atoms with Crippen molar-refractivity contribution in [1.82, 2.24) is 10.6 Å². The van der Waals surface area contributed by atoms with Crippen LogP contribution in [-0.4, -0.2) is 37.0 Å². The van der Waals surface area contributed by atoms with Gasteiger partial charge >= 0.3 is 5.97 Å². The van der Waals surface area contributed by atoms with Crippen LogP contribution >= 0.6 is 23.2 Å². The van der Waals surface area contributed by atoms with Gasteiger partial charge in [0.25, 0.3) is 0 Å². The molecule has 1 atom stereocenters. The Labute approximate surface area is 263 Å². The molecular formula is C34H38Cl2N2O5. The molecule has 9 heteroatoms. The van der Waals surface area contributed by atoms with Crippen molar-refractivity contribution < 1.29 is 23.9 Å². The summed E-state index contributed by atoms with van der Waals surface area (Å²) < 4.78 is 10.8. The van der Waals surface area contributed by atoms with Crippen molar-refractivity contribution in [3.8, 4) is 5.75 Å². The number of rotatable bonds is 13. The predicted molar refractivity (Wildman–Crippen MR) is 168 cm³/mol. The standard InChI is InChI=1S/C34H38Cl2N2O5/c1-42-34(41)31(20-24-9-15-28(16-10-24)43-22-26-5-3-2-4-6-26)38-33(40)21-25-7-13-27(14-8-25)37-32(39)18-12-23-11-17-29(35)30(36)19-23/h2-6,9-11,15-17,19,25,27,31H,7-8,12-14,18,20-22H2,1H3,(H,37,39)(H,38,40)/t25?,27?,31-/m0/s1. The molecule has 228 valence electrons. The zero-order chi connectivity index (χ0) is 30.6. The molecule has 2 amide bonds. The van der Waals surface area contributed by atoms with E-state index in [1.807, 2.05) is 60.7 Å². The fourth-order valence-corrected chi connectivity index (χ4v) is 5.63. The maximum atomic E-state index is 12.9. The number of aryl methyl sites for hydroxylation is 1. The van der Waals surface area contributed by atoms with Crippen LogP contribution in [0.5, 0.6) is 5.75 Å². The van der Waals surface area contributed by atoms with Crippen LogP contribution in [0.4, 0.5) is 0 Å². The van der Waals surface area contributed by atoms with Gasteiger partial charge in [0.1, 0.15) is 18.4 Å². The Morgan fingerprint density at radius 2 is 1.53 bits per heavy atom. The van der Waals surface area contributed by atoms with Crippen LogP contribution in [0.25, 0.3) is 0 Å². The van der Waals surface area contributed by atoms with Gasteiger partial charge in [0.2, 0.25) is 11.8 Å². The number of carbonyl (C=O) groups excluding carboxylic acids is 3. The molecule has 1 saturated carbocycles. The van der Waals surface area contributed by atoms with Gasteiger partial charge in [-0.2, -0.15) is 0 Å². The number of halogens is 2. The van der Waals surface area contributed by atoms with E-state index in [1.165, 1.54) is 7.11 Å². The van der Waals surface area contributed by atoms with Crippen molar-refractivity contribution in [1.29, 1.82) is 0 Å². The van der Waals surface area contributed by atoms with Crippen LogP contribution in [0.3, 0.4) is 0 Å². The van der Waals surface area contributed by atoms with Gasteiger partial charge in [0.05, 0.1) is 17.2 Å². The van der Waals surface area contributed by atoms with Gasteiger partial charge in [-0.1, -0.05) is 71.7 Å². The summed E-state index contributed by atoms with van der Waals surface area (Å²) >= 11 is 12.0. The number of ether oxygens (including phenoxy) is 2. The molecule has 0 heterocycles. The quantitative estimate of drug-likeness (QED) is 0.213. The highest BCUT2D eigenvalue weighted by atomic mass is 35.5. The number of nitrogens with one attached hydrogen (secondary N) is 2. The average molecular weight is 626 g/mol. The summed E-state index contributed by atoms with van der Waals surface area (Å²) in [6.45, 7) is 0.468. The van der Waals surface area contributed by atoms with Gasteiger partial charge in [-0.05, 0) is 79.0 Å². The number of esters is 1. The first-order chi connectivity index (χ1) is 20.8. The Bertz CT molecular complexity index is 1360. The third-order valence-electron chi connectivity index (χ3n) is 7.74. The van der Waals surface area contributed by atoms with Crippen molar-refractivity contribution in [2.45, 2.75) is 70.1 Å². The molecule has 1 aliphatic carbocycles. The van der Waals surface area contributed by atoms with Crippen LogP contribution in [0, 0.1) is 5.92 Å². The monoisotopic (exact) mass is 624 g/mol. The second kappa shape index (κ2) is 16.3. The number of amides is 2. The van der Waals surface area contributed by atoms with Crippen molar-refractivity contribution >= 4 is 41.0 Å². The van der Waals surface area contributed by atoms with Gasteiger partial charge < -0.3 is 20.1 Å². The molecule has 4 rings (SSSR count). The maximum Gasteiger partial charge on any atom is 0.328 e. The minimum absolute atomic E-state index is 0.00368. The molecule has 0 bridgehead atoms. The molecule has 7 nitrogen and oxygen atoms in total. The average Bonchev–Trinajstić information content (AvgIpc) is 3.02. The summed E-state index contributed by atoms with van der Waals surface area (Å²) in [5.74, 6) is 0.273. The van der Waals surface area contributed by atoms with E-state index >= 15 is 0 Å². The second-order valence-electron chi connectivity index (χ2n) is 11.0. The highest BCUT2D eigenvalue weighted by Crippen LogP contribution is 2.27. The number of hydrogen-bond donors (Lipinski definition) is 2. The summed E-state index contributed by atoms with van der Waals surface area (Å²) in [5.41, 5.74) is 2.93. The van der Waals surface area contributed by atoms with Crippen LogP contribution in [0.1, 0.15) is 55.2 Å². The highest BCUT2D eigenvalue weighted by molar-refractivity contribution is 6.42. The Hall–Kier alpha value is -3.55. The molecule has 3 aromatic carbocycles.